The maximum atomic E-state index is 13.9. The van der Waals surface area contributed by atoms with E-state index in [2.05, 4.69) is 0 Å². The first-order valence-electron chi connectivity index (χ1n) is 59.6. The van der Waals surface area contributed by atoms with Gasteiger partial charge in [0.2, 0.25) is 0 Å². The van der Waals surface area contributed by atoms with Crippen LogP contribution in [0.3, 0.4) is 0 Å². The zero-order valence-electron chi connectivity index (χ0n) is 115. The Morgan fingerprint density at radius 3 is 0.989 bits per heavy atom. The number of nitrogens with two attached hydrogens (primary N) is 3. The quantitative estimate of drug-likeness (QED) is 0.0666. The van der Waals surface area contributed by atoms with Gasteiger partial charge in [0, 0.05) is 168 Å². The van der Waals surface area contributed by atoms with Gasteiger partial charge in [0.05, 0.1) is 59.0 Å². The van der Waals surface area contributed by atoms with E-state index in [1.165, 1.54) is 26.4 Å². The Labute approximate surface area is 632 Å². The van der Waals surface area contributed by atoms with E-state index in [1.807, 2.05) is 0 Å². The van der Waals surface area contributed by atoms with E-state index >= 15 is 0 Å². The smallest absolute Gasteiger partial charge is 0.323 e. The molecule has 15 atom stereocenters. The van der Waals surface area contributed by atoms with Crippen molar-refractivity contribution in [3.63, 3.8) is 0 Å². The van der Waals surface area contributed by atoms with Crippen molar-refractivity contribution in [3.05, 3.63) is 69.8 Å². The lowest BCUT2D eigenvalue weighted by molar-refractivity contribution is -0.161. The number of nitrogens with zero attached hydrogens (tertiary/aromatic N) is 3. The Kier molecular flexibility index (Phi) is 8.70. The lowest BCUT2D eigenvalue weighted by atomic mass is 9.79. The number of piperidine rings is 3. The van der Waals surface area contributed by atoms with Crippen molar-refractivity contribution >= 4 is 17.9 Å². The first kappa shape index (κ1) is 24.1. The molecule has 9 rings (SSSR count). The molecule has 0 saturated carbocycles. The molecule has 6 N–H and O–H groups in total. The van der Waals surface area contributed by atoms with Crippen LogP contribution in [0.4, 0.5) is 0 Å². The van der Waals surface area contributed by atoms with E-state index in [1.54, 1.807) is 0 Å². The molecule has 0 aliphatic carbocycles. The molecule has 3 fully saturated rings. The Balaban J connectivity index is 0.000000316. The number of methoxy groups -OCH3 is 6. The Hall–Kier alpha value is -5.37. The first-order chi connectivity index (χ1) is 68.2. The summed E-state index contributed by atoms with van der Waals surface area (Å²) in [6.07, 6.45) is -38.7. The highest BCUT2D eigenvalue weighted by atomic mass is 16.6. The third-order valence-corrected chi connectivity index (χ3v) is 13.6. The number of hydrogen-bond donors (Lipinski definition) is 3. The molecular formula is C72H114N6O12. The fourth-order valence-electron chi connectivity index (χ4n) is 9.49. The van der Waals surface area contributed by atoms with Crippen molar-refractivity contribution in [3.8, 4) is 34.5 Å². The molecule has 0 spiro atoms. The van der Waals surface area contributed by atoms with Crippen molar-refractivity contribution in [2.24, 2.45) is 70.2 Å². The Morgan fingerprint density at radius 1 is 0.478 bits per heavy atom. The lowest BCUT2D eigenvalue weighted by Gasteiger charge is -2.47. The zero-order valence-corrected chi connectivity index (χ0v) is 49.4. The van der Waals surface area contributed by atoms with Crippen molar-refractivity contribution in [1.29, 1.82) is 0 Å². The van der Waals surface area contributed by atoms with Gasteiger partial charge in [-0.25, -0.2) is 0 Å². The number of rotatable bonds is 21. The summed E-state index contributed by atoms with van der Waals surface area (Å²) in [5, 5.41) is 0. The fourth-order valence-corrected chi connectivity index (χ4v) is 9.49. The molecular weight excluding hydrogens is 1140 g/mol. The number of ether oxygens (including phenoxy) is 9. The fraction of sp³-hybridized carbons (Fsp3) is 0.708. The molecule has 0 radical (unpaired) electrons. The number of carbonyl (C=O) groups excluding carboxylic acids is 3. The van der Waals surface area contributed by atoms with Crippen LogP contribution >= 0.6 is 0 Å². The molecule has 0 aromatic heterocycles. The zero-order chi connectivity index (χ0) is 123. The molecule has 0 amide bonds. The van der Waals surface area contributed by atoms with Crippen LogP contribution < -0.4 is 45.6 Å². The third kappa shape index (κ3) is 17.5. The SMILES string of the molecule is [2H]C([2H])([2H])C([2H])(C)C([2H])([2H])C1([2H])C([2H])([2H])N2CCc3cc(OC)c(OC)cc3C2C([2H])([2H])C1([2H])OC(=O)[C@@]([2H])(N)C([2H])(C([2H])([2H])[2H])C([2H])([2H])[2H].[2H]C([2H])([2H])Oc1cc2c(cc1OC)C1N(CC2)C([2H])([2H])C([2H])(C([2H])([2H])C([2H])(C)C([2H])([2H])[2H])C([2H])(OC(=O)[C@@]([2H])(N)C([2H])(C([2H])([2H])[2H])C([2H])([2H])[2H])C1([2H])[2H].[2H]C([2H])([2H])Oc1cc2c(cc1OC)C1N(CC2)C([2H])([2H])C([2H])(C([2H])([2H])C([2H])(C)C([2H])([2H])[2H])C([2H])(OC(=O)[C@@]([2H])(N)C([2H])(C([2H])([2H])[2H])C([2H])([2H])[2H])C1([2H])[2H]. The largest absolute Gasteiger partial charge is 0.493 e. The van der Waals surface area contributed by atoms with Crippen LogP contribution in [-0.4, -0.2) is 151 Å². The first-order valence-corrected chi connectivity index (χ1v) is 26.6. The second kappa shape index (κ2) is 32.5. The maximum Gasteiger partial charge on any atom is 0.323 e. The van der Waals surface area contributed by atoms with Gasteiger partial charge >= 0.3 is 17.9 Å². The molecule has 6 heterocycles. The minimum Gasteiger partial charge on any atom is -0.493 e. The van der Waals surface area contributed by atoms with Crippen molar-refractivity contribution in [1.82, 2.24) is 14.7 Å². The Morgan fingerprint density at radius 2 is 0.744 bits per heavy atom. The summed E-state index contributed by atoms with van der Waals surface area (Å²) in [6, 6.07) is -13.1. The van der Waals surface area contributed by atoms with E-state index in [0.29, 0.717) is 35.5 Å². The molecule has 6 aliphatic rings. The highest BCUT2D eigenvalue weighted by Crippen LogP contribution is 2.48. The topological polar surface area (TPSA) is 222 Å². The minimum absolute atomic E-state index is 0.0107. The van der Waals surface area contributed by atoms with Crippen LogP contribution in [-0.2, 0) is 47.9 Å². The predicted molar refractivity (Wildman–Crippen MR) is 353 cm³/mol. The molecule has 18 nitrogen and oxygen atoms in total. The number of hydrogen-bond acceptors (Lipinski definition) is 18. The average molecular weight is 1320 g/mol. The lowest BCUT2D eigenvalue weighted by Crippen LogP contribution is -2.51. The van der Waals surface area contributed by atoms with Gasteiger partial charge in [-0.3, -0.25) is 29.1 Å². The molecule has 3 saturated heterocycles. The minimum atomic E-state index is -4.55. The summed E-state index contributed by atoms with van der Waals surface area (Å²) < 4.78 is 597. The highest BCUT2D eigenvalue weighted by Gasteiger charge is 2.45. The number of fused-ring (bicyclic) bond motifs is 9. The van der Waals surface area contributed by atoms with Gasteiger partial charge in [-0.2, -0.15) is 0 Å². The molecule has 3 aromatic rings. The van der Waals surface area contributed by atoms with E-state index in [0.717, 1.165) is 38.5 Å². The maximum absolute atomic E-state index is 13.9. The number of esters is 3. The summed E-state index contributed by atoms with van der Waals surface area (Å²) in [5.41, 5.74) is 16.3. The standard InChI is InChI=1S/3C24H38N2O4/c3*1-14(2)9-17-13-26-8-7-16-10-21(28-5)22(29-6)11-18(16)19(26)12-20(17)30-24(27)23(25)15(3)4/h3*10-11,14-15,17,19-20,23H,7-9,12-13,25H2,1-6H3/t3*17?,19?,20?,23-/m000/s1/i2*1D3,3D3,4D3,5D3,9D2,12D2,13D2,14D,15D,17D,20D,23D;1D3,3D3,4D3,9D2,12D2,13D2,14D,15D,17D,20D,23D/t3*14?,17?,19?,20?,23-. The predicted octanol–water partition coefficient (Wildman–Crippen LogP) is 10.7. The van der Waals surface area contributed by atoms with Crippen LogP contribution in [0.5, 0.6) is 34.5 Å². The monoisotopic (exact) mass is 1320 g/mol. The van der Waals surface area contributed by atoms with Crippen molar-refractivity contribution < 1.29 is 147 Å². The van der Waals surface area contributed by atoms with Crippen LogP contribution in [0.2, 0.25) is 0 Å². The van der Waals surface area contributed by atoms with Gasteiger partial charge in [-0.05, 0) is 144 Å². The summed E-state index contributed by atoms with van der Waals surface area (Å²) >= 11 is 0. The van der Waals surface area contributed by atoms with E-state index in [-0.39, 0.29) is 64.1 Å². The van der Waals surface area contributed by atoms with E-state index in [9.17, 15) is 39.1 Å². The summed E-state index contributed by atoms with van der Waals surface area (Å²) in [6.45, 7) is -48.3. The van der Waals surface area contributed by atoms with Gasteiger partial charge in [-0.15, -0.1) is 0 Å². The Bertz CT molecular complexity index is 5520. The molecule has 90 heavy (non-hydrogen) atoms. The summed E-state index contributed by atoms with van der Waals surface area (Å²) in [4.78, 5) is 43.2. The van der Waals surface area contributed by atoms with E-state index < -0.39 is 301 Å². The molecule has 18 heteroatoms. The molecule has 6 aliphatic heterocycles. The molecule has 3 aromatic carbocycles. The van der Waals surface area contributed by atoms with Crippen molar-refractivity contribution in [2.75, 3.05) is 81.6 Å². The number of benzene rings is 3. The van der Waals surface area contributed by atoms with Crippen LogP contribution in [0.15, 0.2) is 36.4 Å². The second-order valence-corrected chi connectivity index (χ2v) is 19.7. The van der Waals surface area contributed by atoms with Crippen molar-refractivity contribution in [2.45, 2.75) is 194 Å². The number of carbonyl (C=O) groups is 3. The summed E-state index contributed by atoms with van der Waals surface area (Å²) in [7, 11) is -1.48. The highest BCUT2D eigenvalue weighted by molar-refractivity contribution is 5.77. The van der Waals surface area contributed by atoms with Gasteiger partial charge in [0.15, 0.2) is 34.5 Å². The normalized spacial score (nSPS) is 49.3. The average Bonchev–Trinajstić information content (AvgIpc) is 0.655. The van der Waals surface area contributed by atoms with E-state index in [4.69, 9.17) is 126 Å². The van der Waals surface area contributed by atoms with Gasteiger partial charge in [-0.1, -0.05) is 82.4 Å². The van der Waals surface area contributed by atoms with Gasteiger partial charge in [0.25, 0.3) is 0 Å². The summed E-state index contributed by atoms with van der Waals surface area (Å²) in [5.74, 6) is -46.7. The second-order valence-electron chi connectivity index (χ2n) is 19.7. The van der Waals surface area contributed by atoms with Gasteiger partial charge in [0.1, 0.15) is 36.3 Å². The third-order valence-electron chi connectivity index (χ3n) is 13.6. The molecule has 12 unspecified atom stereocenters. The van der Waals surface area contributed by atoms with Gasteiger partial charge < -0.3 is 59.8 Å². The van der Waals surface area contributed by atoms with Crippen LogP contribution in [0.1, 0.15) is 263 Å². The molecule has 504 valence electrons. The van der Waals surface area contributed by atoms with Crippen LogP contribution in [0.25, 0.3) is 0 Å². The van der Waals surface area contributed by atoms with Crippen LogP contribution in [0, 0.1) is 53.0 Å². The molecule has 0 bridgehead atoms.